The van der Waals surface area contributed by atoms with Gasteiger partial charge in [0, 0.05) is 5.71 Å². The van der Waals surface area contributed by atoms with Gasteiger partial charge in [0.15, 0.2) is 0 Å². The van der Waals surface area contributed by atoms with Crippen molar-refractivity contribution in [3.05, 3.63) is 0 Å². The topological polar surface area (TPSA) is 23.9 Å². The Hall–Kier alpha value is -0.400. The molecule has 2 atom stereocenters. The van der Waals surface area contributed by atoms with Gasteiger partial charge in [-0.15, -0.1) is 0 Å². The van der Waals surface area contributed by atoms with Gasteiger partial charge in [-0.3, -0.25) is 0 Å². The zero-order valence-corrected chi connectivity index (χ0v) is 7.28. The minimum Gasteiger partial charge on any atom is -0.310 e. The Kier molecular flexibility index (Phi) is 2.31. The molecule has 0 radical (unpaired) electrons. The van der Waals surface area contributed by atoms with Crippen molar-refractivity contribution in [2.45, 2.75) is 45.2 Å². The number of hydrogen-bond donors (Lipinski definition) is 1. The molecule has 0 heterocycles. The van der Waals surface area contributed by atoms with Crippen LogP contribution in [0.25, 0.3) is 0 Å². The standard InChI is InChI=1S/C9H16FN/c1-7-3-4-8(11)5-6-9(7,2)10/h7,11H,3-6H2,1-2H3. The van der Waals surface area contributed by atoms with Crippen LogP contribution in [0.4, 0.5) is 4.39 Å². The number of halogens is 1. The van der Waals surface area contributed by atoms with Gasteiger partial charge in [-0.05, 0) is 38.5 Å². The van der Waals surface area contributed by atoms with E-state index in [4.69, 9.17) is 5.41 Å². The normalized spacial score (nSPS) is 40.3. The number of hydrogen-bond acceptors (Lipinski definition) is 1. The smallest absolute Gasteiger partial charge is 0.111 e. The molecule has 1 N–H and O–H groups in total. The summed E-state index contributed by atoms with van der Waals surface area (Å²) in [7, 11) is 0. The summed E-state index contributed by atoms with van der Waals surface area (Å²) in [5.74, 6) is 0.116. The molecule has 0 aliphatic heterocycles. The summed E-state index contributed by atoms with van der Waals surface area (Å²) in [5.41, 5.74) is -0.318. The largest absolute Gasteiger partial charge is 0.310 e. The fraction of sp³-hybridized carbons (Fsp3) is 0.889. The Morgan fingerprint density at radius 2 is 2.18 bits per heavy atom. The third-order valence-electron chi connectivity index (χ3n) is 2.82. The molecule has 0 aromatic heterocycles. The van der Waals surface area contributed by atoms with Gasteiger partial charge in [0.2, 0.25) is 0 Å². The summed E-state index contributed by atoms with van der Waals surface area (Å²) in [4.78, 5) is 0. The minimum absolute atomic E-state index is 0.116. The predicted molar refractivity (Wildman–Crippen MR) is 44.9 cm³/mol. The van der Waals surface area contributed by atoms with Gasteiger partial charge in [0.1, 0.15) is 5.67 Å². The molecule has 1 saturated carbocycles. The molecular formula is C9H16FN. The second kappa shape index (κ2) is 2.92. The van der Waals surface area contributed by atoms with E-state index in [-0.39, 0.29) is 5.92 Å². The highest BCUT2D eigenvalue weighted by Crippen LogP contribution is 2.33. The van der Waals surface area contributed by atoms with Crippen LogP contribution in [0, 0.1) is 11.3 Å². The van der Waals surface area contributed by atoms with Crippen LogP contribution in [-0.4, -0.2) is 11.4 Å². The maximum Gasteiger partial charge on any atom is 0.111 e. The first-order valence-corrected chi connectivity index (χ1v) is 4.27. The molecule has 1 rings (SSSR count). The van der Waals surface area contributed by atoms with Crippen LogP contribution in [0.2, 0.25) is 0 Å². The first-order valence-electron chi connectivity index (χ1n) is 4.27. The molecule has 0 amide bonds. The average Bonchev–Trinajstić information content (AvgIpc) is 2.03. The van der Waals surface area contributed by atoms with E-state index in [2.05, 4.69) is 0 Å². The van der Waals surface area contributed by atoms with Gasteiger partial charge in [-0.2, -0.15) is 0 Å². The van der Waals surface area contributed by atoms with Crippen LogP contribution in [0.5, 0.6) is 0 Å². The van der Waals surface area contributed by atoms with E-state index in [0.717, 1.165) is 18.6 Å². The van der Waals surface area contributed by atoms with Gasteiger partial charge in [-0.25, -0.2) is 4.39 Å². The van der Waals surface area contributed by atoms with Crippen LogP contribution in [0.3, 0.4) is 0 Å². The molecule has 1 nitrogen and oxygen atoms in total. The van der Waals surface area contributed by atoms with Crippen molar-refractivity contribution < 1.29 is 4.39 Å². The Balaban J connectivity index is 2.63. The second-order valence-electron chi connectivity index (χ2n) is 3.82. The first-order chi connectivity index (χ1) is 5.02. The number of nitrogens with one attached hydrogen (secondary N) is 1. The maximum absolute atomic E-state index is 13.6. The number of alkyl halides is 1. The highest BCUT2D eigenvalue weighted by Gasteiger charge is 2.32. The van der Waals surface area contributed by atoms with E-state index in [0.29, 0.717) is 12.8 Å². The predicted octanol–water partition coefficient (Wildman–Crippen LogP) is 2.94. The lowest BCUT2D eigenvalue weighted by Crippen LogP contribution is -2.25. The van der Waals surface area contributed by atoms with Gasteiger partial charge < -0.3 is 5.41 Å². The number of rotatable bonds is 0. The molecule has 11 heavy (non-hydrogen) atoms. The quantitative estimate of drug-likeness (QED) is 0.523. The second-order valence-corrected chi connectivity index (χ2v) is 3.82. The highest BCUT2D eigenvalue weighted by atomic mass is 19.1. The molecule has 0 saturated heterocycles. The Labute approximate surface area is 67.5 Å². The van der Waals surface area contributed by atoms with E-state index in [1.807, 2.05) is 6.92 Å². The summed E-state index contributed by atoms with van der Waals surface area (Å²) in [5, 5.41) is 7.43. The van der Waals surface area contributed by atoms with Crippen molar-refractivity contribution in [1.82, 2.24) is 0 Å². The molecule has 0 aromatic rings. The van der Waals surface area contributed by atoms with Gasteiger partial charge >= 0.3 is 0 Å². The Morgan fingerprint density at radius 1 is 1.55 bits per heavy atom. The molecule has 0 bridgehead atoms. The van der Waals surface area contributed by atoms with Crippen molar-refractivity contribution in [3.8, 4) is 0 Å². The average molecular weight is 157 g/mol. The molecule has 2 heteroatoms. The van der Waals surface area contributed by atoms with Gasteiger partial charge in [-0.1, -0.05) is 6.92 Å². The minimum atomic E-state index is -1.04. The summed E-state index contributed by atoms with van der Waals surface area (Å²) in [6.45, 7) is 3.61. The molecule has 1 aliphatic rings. The van der Waals surface area contributed by atoms with Crippen LogP contribution >= 0.6 is 0 Å². The fourth-order valence-corrected chi connectivity index (χ4v) is 1.46. The molecule has 2 unspecified atom stereocenters. The summed E-state index contributed by atoms with van der Waals surface area (Å²) >= 11 is 0. The van der Waals surface area contributed by atoms with E-state index < -0.39 is 5.67 Å². The van der Waals surface area contributed by atoms with Crippen molar-refractivity contribution in [1.29, 1.82) is 5.41 Å². The van der Waals surface area contributed by atoms with Crippen molar-refractivity contribution in [2.24, 2.45) is 5.92 Å². The summed E-state index contributed by atoms with van der Waals surface area (Å²) in [6, 6.07) is 0. The lowest BCUT2D eigenvalue weighted by atomic mass is 9.88. The fourth-order valence-electron chi connectivity index (χ4n) is 1.46. The van der Waals surface area contributed by atoms with E-state index >= 15 is 0 Å². The van der Waals surface area contributed by atoms with Crippen LogP contribution in [0.1, 0.15) is 39.5 Å². The van der Waals surface area contributed by atoms with Crippen LogP contribution < -0.4 is 0 Å². The summed E-state index contributed by atoms with van der Waals surface area (Å²) < 4.78 is 13.6. The van der Waals surface area contributed by atoms with Crippen LogP contribution in [-0.2, 0) is 0 Å². The zero-order chi connectivity index (χ0) is 8.48. The van der Waals surface area contributed by atoms with Gasteiger partial charge in [0.05, 0.1) is 0 Å². The zero-order valence-electron chi connectivity index (χ0n) is 7.28. The Morgan fingerprint density at radius 3 is 2.82 bits per heavy atom. The van der Waals surface area contributed by atoms with Crippen molar-refractivity contribution >= 4 is 5.71 Å². The van der Waals surface area contributed by atoms with Gasteiger partial charge in [0.25, 0.3) is 0 Å². The summed E-state index contributed by atoms with van der Waals surface area (Å²) in [6.07, 6.45) is 2.82. The molecule has 1 fully saturated rings. The van der Waals surface area contributed by atoms with Crippen LogP contribution in [0.15, 0.2) is 0 Å². The highest BCUT2D eigenvalue weighted by molar-refractivity contribution is 5.81. The lowest BCUT2D eigenvalue weighted by molar-refractivity contribution is 0.105. The van der Waals surface area contributed by atoms with Crippen molar-refractivity contribution in [2.75, 3.05) is 0 Å². The lowest BCUT2D eigenvalue weighted by Gasteiger charge is -2.24. The first kappa shape index (κ1) is 8.69. The molecule has 0 aromatic carbocycles. The maximum atomic E-state index is 13.6. The molecule has 0 spiro atoms. The van der Waals surface area contributed by atoms with E-state index in [1.54, 1.807) is 6.92 Å². The van der Waals surface area contributed by atoms with E-state index in [9.17, 15) is 4.39 Å². The van der Waals surface area contributed by atoms with E-state index in [1.165, 1.54) is 0 Å². The third-order valence-corrected chi connectivity index (χ3v) is 2.82. The molecule has 64 valence electrons. The SMILES string of the molecule is CC1CCC(=N)CCC1(C)F. The van der Waals surface area contributed by atoms with Crippen molar-refractivity contribution in [3.63, 3.8) is 0 Å². The third kappa shape index (κ3) is 2.01. The Bertz CT molecular complexity index is 163. The molecule has 1 aliphatic carbocycles. The molecular weight excluding hydrogens is 141 g/mol. The monoisotopic (exact) mass is 157 g/mol.